The van der Waals surface area contributed by atoms with E-state index in [9.17, 15) is 0 Å². The van der Waals surface area contributed by atoms with Gasteiger partial charge in [-0.3, -0.25) is 0 Å². The van der Waals surface area contributed by atoms with Crippen LogP contribution >= 0.6 is 0 Å². The Morgan fingerprint density at radius 1 is 1.10 bits per heavy atom. The summed E-state index contributed by atoms with van der Waals surface area (Å²) < 4.78 is 6.82. The zero-order valence-corrected chi connectivity index (χ0v) is 11.8. The molecule has 1 N–H and O–H groups in total. The fourth-order valence-corrected chi connectivity index (χ4v) is 1.86. The topological polar surface area (TPSA) is 64.9 Å². The molecule has 0 amide bonds. The molecule has 3 aromatic heterocycles. The van der Waals surface area contributed by atoms with Gasteiger partial charge in [0.15, 0.2) is 5.82 Å². The molecule has 6 heteroatoms. The minimum Gasteiger partial charge on any atom is -0.495 e. The molecular formula is C15H15N5O. The zero-order chi connectivity index (χ0) is 14.7. The van der Waals surface area contributed by atoms with Gasteiger partial charge in [0, 0.05) is 6.20 Å². The van der Waals surface area contributed by atoms with Crippen molar-refractivity contribution in [3.05, 3.63) is 54.5 Å². The van der Waals surface area contributed by atoms with E-state index in [0.29, 0.717) is 17.4 Å². The van der Waals surface area contributed by atoms with Crippen molar-refractivity contribution in [1.29, 1.82) is 0 Å². The van der Waals surface area contributed by atoms with Crippen molar-refractivity contribution in [2.24, 2.45) is 0 Å². The van der Waals surface area contributed by atoms with E-state index in [-0.39, 0.29) is 0 Å². The second-order valence-corrected chi connectivity index (χ2v) is 4.55. The number of pyridine rings is 2. The summed E-state index contributed by atoms with van der Waals surface area (Å²) in [5, 5.41) is 7.40. The standard InChI is InChI=1S/C15H15N5O/c1-11-8-17-20(10-11)15-5-3-4-14(19-15)18-13-7-6-12(21-2)9-16-13/h3-10H,1-2H3,(H,16,18,19). The number of hydrogen-bond acceptors (Lipinski definition) is 5. The minimum absolute atomic E-state index is 0.706. The Hall–Kier alpha value is -2.89. The molecule has 0 radical (unpaired) electrons. The molecule has 0 atom stereocenters. The van der Waals surface area contributed by atoms with Crippen LogP contribution in [0.15, 0.2) is 48.9 Å². The maximum atomic E-state index is 5.08. The van der Waals surface area contributed by atoms with Crippen LogP contribution in [-0.4, -0.2) is 26.9 Å². The van der Waals surface area contributed by atoms with Gasteiger partial charge < -0.3 is 10.1 Å². The average Bonchev–Trinajstić information content (AvgIpc) is 2.95. The molecule has 21 heavy (non-hydrogen) atoms. The predicted molar refractivity (Wildman–Crippen MR) is 80.2 cm³/mol. The normalized spacial score (nSPS) is 10.4. The molecule has 0 spiro atoms. The lowest BCUT2D eigenvalue weighted by molar-refractivity contribution is 0.413. The number of methoxy groups -OCH3 is 1. The summed E-state index contributed by atoms with van der Waals surface area (Å²) >= 11 is 0. The second-order valence-electron chi connectivity index (χ2n) is 4.55. The number of ether oxygens (including phenoxy) is 1. The van der Waals surface area contributed by atoms with Crippen LogP contribution in [0.1, 0.15) is 5.56 Å². The highest BCUT2D eigenvalue weighted by Gasteiger charge is 2.03. The summed E-state index contributed by atoms with van der Waals surface area (Å²) in [6.45, 7) is 1.99. The number of rotatable bonds is 4. The summed E-state index contributed by atoms with van der Waals surface area (Å²) in [6.07, 6.45) is 5.38. The van der Waals surface area contributed by atoms with Gasteiger partial charge in [0.25, 0.3) is 0 Å². The fraction of sp³-hybridized carbons (Fsp3) is 0.133. The molecular weight excluding hydrogens is 266 g/mol. The molecule has 0 aromatic carbocycles. The van der Waals surface area contributed by atoms with Crippen LogP contribution in [0.3, 0.4) is 0 Å². The molecule has 3 rings (SSSR count). The van der Waals surface area contributed by atoms with Crippen LogP contribution in [0.5, 0.6) is 5.75 Å². The fourth-order valence-electron chi connectivity index (χ4n) is 1.86. The lowest BCUT2D eigenvalue weighted by atomic mass is 10.4. The Bertz CT molecular complexity index is 736. The summed E-state index contributed by atoms with van der Waals surface area (Å²) in [7, 11) is 1.61. The Morgan fingerprint density at radius 3 is 2.67 bits per heavy atom. The lowest BCUT2D eigenvalue weighted by Gasteiger charge is -2.07. The molecule has 0 bridgehead atoms. The number of nitrogens with zero attached hydrogens (tertiary/aromatic N) is 4. The Balaban J connectivity index is 1.82. The largest absolute Gasteiger partial charge is 0.495 e. The van der Waals surface area contributed by atoms with Crippen molar-refractivity contribution >= 4 is 11.6 Å². The molecule has 0 unspecified atom stereocenters. The first-order valence-electron chi connectivity index (χ1n) is 6.50. The van der Waals surface area contributed by atoms with Gasteiger partial charge in [0.1, 0.15) is 17.4 Å². The molecule has 0 aliphatic heterocycles. The van der Waals surface area contributed by atoms with E-state index < -0.39 is 0 Å². The van der Waals surface area contributed by atoms with Crippen molar-refractivity contribution < 1.29 is 4.74 Å². The summed E-state index contributed by atoms with van der Waals surface area (Å²) in [4.78, 5) is 8.77. The van der Waals surface area contributed by atoms with Gasteiger partial charge in [-0.25, -0.2) is 14.6 Å². The Morgan fingerprint density at radius 2 is 2.00 bits per heavy atom. The van der Waals surface area contributed by atoms with Crippen LogP contribution in [0.4, 0.5) is 11.6 Å². The molecule has 106 valence electrons. The van der Waals surface area contributed by atoms with Gasteiger partial charge in [0.05, 0.1) is 19.5 Å². The van der Waals surface area contributed by atoms with Crippen LogP contribution in [-0.2, 0) is 0 Å². The summed E-state index contributed by atoms with van der Waals surface area (Å²) in [5.74, 6) is 2.88. The summed E-state index contributed by atoms with van der Waals surface area (Å²) in [6, 6.07) is 9.39. The molecule has 3 aromatic rings. The smallest absolute Gasteiger partial charge is 0.155 e. The third kappa shape index (κ3) is 3.00. The van der Waals surface area contributed by atoms with Gasteiger partial charge in [-0.05, 0) is 36.8 Å². The van der Waals surface area contributed by atoms with Crippen molar-refractivity contribution in [2.45, 2.75) is 6.92 Å². The molecule has 0 aliphatic carbocycles. The SMILES string of the molecule is COc1ccc(Nc2cccc(-n3cc(C)cn3)n2)nc1. The third-order valence-corrected chi connectivity index (χ3v) is 2.91. The van der Waals surface area contributed by atoms with E-state index in [0.717, 1.165) is 11.4 Å². The predicted octanol–water partition coefficient (Wildman–Crippen LogP) is 2.72. The number of aryl methyl sites for hydroxylation is 1. The third-order valence-electron chi connectivity index (χ3n) is 2.91. The highest BCUT2D eigenvalue weighted by Crippen LogP contribution is 2.16. The first-order valence-corrected chi connectivity index (χ1v) is 6.50. The van der Waals surface area contributed by atoms with E-state index in [4.69, 9.17) is 4.74 Å². The van der Waals surface area contributed by atoms with Crippen LogP contribution in [0.25, 0.3) is 5.82 Å². The van der Waals surface area contributed by atoms with Crippen LogP contribution < -0.4 is 10.1 Å². The van der Waals surface area contributed by atoms with Crippen molar-refractivity contribution in [3.63, 3.8) is 0 Å². The Kier molecular flexibility index (Phi) is 3.51. The highest BCUT2D eigenvalue weighted by atomic mass is 16.5. The maximum Gasteiger partial charge on any atom is 0.155 e. The molecule has 6 nitrogen and oxygen atoms in total. The van der Waals surface area contributed by atoms with E-state index >= 15 is 0 Å². The molecule has 3 heterocycles. The van der Waals surface area contributed by atoms with Crippen molar-refractivity contribution in [3.8, 4) is 11.6 Å². The highest BCUT2D eigenvalue weighted by molar-refractivity contribution is 5.53. The van der Waals surface area contributed by atoms with Gasteiger partial charge in [0.2, 0.25) is 0 Å². The molecule has 0 aliphatic rings. The number of hydrogen-bond donors (Lipinski definition) is 1. The first-order chi connectivity index (χ1) is 10.2. The van der Waals surface area contributed by atoms with Gasteiger partial charge >= 0.3 is 0 Å². The Labute approximate surface area is 122 Å². The molecule has 0 fully saturated rings. The lowest BCUT2D eigenvalue weighted by Crippen LogP contribution is -2.01. The quantitative estimate of drug-likeness (QED) is 0.796. The van der Waals surface area contributed by atoms with E-state index in [2.05, 4.69) is 20.4 Å². The van der Waals surface area contributed by atoms with E-state index in [1.54, 1.807) is 24.2 Å². The second kappa shape index (κ2) is 5.62. The maximum absolute atomic E-state index is 5.08. The monoisotopic (exact) mass is 281 g/mol. The summed E-state index contributed by atoms with van der Waals surface area (Å²) in [5.41, 5.74) is 1.09. The van der Waals surface area contributed by atoms with Crippen molar-refractivity contribution in [2.75, 3.05) is 12.4 Å². The van der Waals surface area contributed by atoms with E-state index in [1.807, 2.05) is 43.5 Å². The van der Waals surface area contributed by atoms with Gasteiger partial charge in [-0.2, -0.15) is 5.10 Å². The van der Waals surface area contributed by atoms with E-state index in [1.165, 1.54) is 0 Å². The van der Waals surface area contributed by atoms with Gasteiger partial charge in [-0.1, -0.05) is 6.07 Å². The van der Waals surface area contributed by atoms with Crippen molar-refractivity contribution in [1.82, 2.24) is 19.7 Å². The molecule has 0 saturated carbocycles. The first kappa shape index (κ1) is 13.1. The number of nitrogens with one attached hydrogen (secondary N) is 1. The minimum atomic E-state index is 0.706. The molecule has 0 saturated heterocycles. The number of aromatic nitrogens is 4. The zero-order valence-electron chi connectivity index (χ0n) is 11.8. The van der Waals surface area contributed by atoms with Crippen LogP contribution in [0.2, 0.25) is 0 Å². The van der Waals surface area contributed by atoms with Crippen LogP contribution in [0, 0.1) is 6.92 Å². The van der Waals surface area contributed by atoms with Gasteiger partial charge in [-0.15, -0.1) is 0 Å². The number of anilines is 2. The average molecular weight is 281 g/mol.